The fourth-order valence-corrected chi connectivity index (χ4v) is 2.15. The van der Waals surface area contributed by atoms with Crippen LogP contribution in [0.3, 0.4) is 0 Å². The number of aryl methyl sites for hydroxylation is 1. The molecule has 0 amide bonds. The van der Waals surface area contributed by atoms with Crippen LogP contribution in [0.15, 0.2) is 42.9 Å². The summed E-state index contributed by atoms with van der Waals surface area (Å²) in [5.74, 6) is -0.274. The van der Waals surface area contributed by atoms with Crippen LogP contribution in [0.5, 0.6) is 0 Å². The van der Waals surface area contributed by atoms with Crippen LogP contribution in [-0.2, 0) is 13.6 Å². The number of nitrogens with zero attached hydrogens (tertiary/aromatic N) is 4. The summed E-state index contributed by atoms with van der Waals surface area (Å²) < 4.78 is 16.2. The fraction of sp³-hybridized carbons (Fsp3) is 0.133. The van der Waals surface area contributed by atoms with Crippen LogP contribution in [-0.4, -0.2) is 25.8 Å². The second kappa shape index (κ2) is 5.32. The Kier molecular flexibility index (Phi) is 3.35. The second-order valence-corrected chi connectivity index (χ2v) is 4.78. The number of halogens is 1. The van der Waals surface area contributed by atoms with Crippen molar-refractivity contribution in [2.24, 2.45) is 7.05 Å². The third-order valence-corrected chi connectivity index (χ3v) is 3.15. The lowest BCUT2D eigenvalue weighted by atomic mass is 10.2. The largest absolute Gasteiger partial charge is 0.298 e. The summed E-state index contributed by atoms with van der Waals surface area (Å²) in [6.07, 6.45) is 5.92. The lowest BCUT2D eigenvalue weighted by Gasteiger charge is -2.01. The molecule has 0 aliphatic rings. The molecule has 21 heavy (non-hydrogen) atoms. The van der Waals surface area contributed by atoms with Crippen molar-refractivity contribution >= 4 is 6.29 Å². The Balaban J connectivity index is 1.92. The summed E-state index contributed by atoms with van der Waals surface area (Å²) in [5, 5.41) is 8.50. The number of hydrogen-bond donors (Lipinski definition) is 0. The Morgan fingerprint density at radius 3 is 2.62 bits per heavy atom. The Labute approximate surface area is 120 Å². The van der Waals surface area contributed by atoms with E-state index < -0.39 is 0 Å². The SMILES string of the molecule is Cn1cc(-c2nn(Cc3ccc(F)cc3)cc2C=O)cn1. The maximum Gasteiger partial charge on any atom is 0.153 e. The lowest BCUT2D eigenvalue weighted by Crippen LogP contribution is -2.00. The van der Waals surface area contributed by atoms with Crippen LogP contribution >= 0.6 is 0 Å². The minimum Gasteiger partial charge on any atom is -0.298 e. The third kappa shape index (κ3) is 2.74. The van der Waals surface area contributed by atoms with Gasteiger partial charge in [0.15, 0.2) is 6.29 Å². The average Bonchev–Trinajstić information content (AvgIpc) is 3.07. The number of benzene rings is 1. The zero-order chi connectivity index (χ0) is 14.8. The molecule has 3 aromatic rings. The summed E-state index contributed by atoms with van der Waals surface area (Å²) >= 11 is 0. The molecule has 1 aromatic carbocycles. The highest BCUT2D eigenvalue weighted by Crippen LogP contribution is 2.20. The summed E-state index contributed by atoms with van der Waals surface area (Å²) in [5.41, 5.74) is 2.80. The zero-order valence-corrected chi connectivity index (χ0v) is 11.4. The van der Waals surface area contributed by atoms with Gasteiger partial charge in [0.25, 0.3) is 0 Å². The Bertz CT molecular complexity index is 773. The Hall–Kier alpha value is -2.76. The molecule has 0 aliphatic heterocycles. The van der Waals surface area contributed by atoms with Crippen LogP contribution in [0.1, 0.15) is 15.9 Å². The first-order valence-corrected chi connectivity index (χ1v) is 6.42. The molecule has 0 atom stereocenters. The number of rotatable bonds is 4. The number of aromatic nitrogens is 4. The quantitative estimate of drug-likeness (QED) is 0.691. The van der Waals surface area contributed by atoms with Gasteiger partial charge in [0, 0.05) is 25.0 Å². The van der Waals surface area contributed by atoms with Gasteiger partial charge in [-0.3, -0.25) is 14.2 Å². The molecule has 5 nitrogen and oxygen atoms in total. The van der Waals surface area contributed by atoms with Crippen molar-refractivity contribution in [3.63, 3.8) is 0 Å². The van der Waals surface area contributed by atoms with E-state index in [1.165, 1.54) is 12.1 Å². The van der Waals surface area contributed by atoms with Gasteiger partial charge in [-0.15, -0.1) is 0 Å². The monoisotopic (exact) mass is 284 g/mol. The summed E-state index contributed by atoms with van der Waals surface area (Å²) in [6, 6.07) is 6.20. The van der Waals surface area contributed by atoms with Crippen molar-refractivity contribution < 1.29 is 9.18 Å². The summed E-state index contributed by atoms with van der Waals surface area (Å²) in [4.78, 5) is 11.2. The molecule has 0 saturated carbocycles. The van der Waals surface area contributed by atoms with E-state index >= 15 is 0 Å². The molecule has 0 N–H and O–H groups in total. The standard InChI is InChI=1S/C15H13FN4O/c1-19-8-12(6-17-19)15-13(10-21)9-20(18-15)7-11-2-4-14(16)5-3-11/h2-6,8-10H,7H2,1H3. The second-order valence-electron chi connectivity index (χ2n) is 4.78. The lowest BCUT2D eigenvalue weighted by molar-refractivity contribution is 0.112. The molecule has 0 fully saturated rings. The highest BCUT2D eigenvalue weighted by molar-refractivity contribution is 5.85. The topological polar surface area (TPSA) is 52.7 Å². The molecule has 3 rings (SSSR count). The molecule has 0 aliphatic carbocycles. The molecule has 106 valence electrons. The van der Waals surface area contributed by atoms with Crippen molar-refractivity contribution in [1.29, 1.82) is 0 Å². The van der Waals surface area contributed by atoms with Gasteiger partial charge < -0.3 is 0 Å². The van der Waals surface area contributed by atoms with Crippen molar-refractivity contribution in [3.8, 4) is 11.3 Å². The number of hydrogen-bond acceptors (Lipinski definition) is 3. The van der Waals surface area contributed by atoms with Gasteiger partial charge in [-0.25, -0.2) is 4.39 Å². The Morgan fingerprint density at radius 2 is 2.00 bits per heavy atom. The molecular weight excluding hydrogens is 271 g/mol. The van der Waals surface area contributed by atoms with E-state index in [4.69, 9.17) is 0 Å². The minimum absolute atomic E-state index is 0.274. The molecule has 0 radical (unpaired) electrons. The maximum absolute atomic E-state index is 12.9. The van der Waals surface area contributed by atoms with Crippen LogP contribution < -0.4 is 0 Å². The molecule has 0 bridgehead atoms. The normalized spacial score (nSPS) is 10.8. The molecule has 0 saturated heterocycles. The van der Waals surface area contributed by atoms with Gasteiger partial charge >= 0.3 is 0 Å². The molecule has 0 spiro atoms. The van der Waals surface area contributed by atoms with Gasteiger partial charge in [0.05, 0.1) is 18.3 Å². The van der Waals surface area contributed by atoms with Crippen LogP contribution in [0.4, 0.5) is 4.39 Å². The zero-order valence-electron chi connectivity index (χ0n) is 11.4. The van der Waals surface area contributed by atoms with E-state index in [1.807, 2.05) is 0 Å². The summed E-state index contributed by atoms with van der Waals surface area (Å²) in [7, 11) is 1.81. The van der Waals surface area contributed by atoms with Gasteiger partial charge in [-0.2, -0.15) is 10.2 Å². The molecule has 6 heteroatoms. The van der Waals surface area contributed by atoms with Crippen LogP contribution in [0.25, 0.3) is 11.3 Å². The smallest absolute Gasteiger partial charge is 0.153 e. The first-order valence-electron chi connectivity index (χ1n) is 6.42. The maximum atomic E-state index is 12.9. The van der Waals surface area contributed by atoms with E-state index in [2.05, 4.69) is 10.2 Å². The molecule has 2 aromatic heterocycles. The van der Waals surface area contributed by atoms with E-state index in [1.54, 1.807) is 47.1 Å². The molecule has 2 heterocycles. The highest BCUT2D eigenvalue weighted by atomic mass is 19.1. The van der Waals surface area contributed by atoms with Crippen molar-refractivity contribution in [3.05, 3.63) is 59.8 Å². The van der Waals surface area contributed by atoms with E-state index in [0.29, 0.717) is 17.8 Å². The predicted molar refractivity (Wildman–Crippen MR) is 75.3 cm³/mol. The van der Waals surface area contributed by atoms with Gasteiger partial charge in [-0.05, 0) is 17.7 Å². The van der Waals surface area contributed by atoms with Gasteiger partial charge in [0.2, 0.25) is 0 Å². The van der Waals surface area contributed by atoms with E-state index in [-0.39, 0.29) is 5.82 Å². The minimum atomic E-state index is -0.274. The van der Waals surface area contributed by atoms with E-state index in [0.717, 1.165) is 17.4 Å². The van der Waals surface area contributed by atoms with E-state index in [9.17, 15) is 9.18 Å². The highest BCUT2D eigenvalue weighted by Gasteiger charge is 2.12. The van der Waals surface area contributed by atoms with Crippen molar-refractivity contribution in [1.82, 2.24) is 19.6 Å². The third-order valence-electron chi connectivity index (χ3n) is 3.15. The first-order chi connectivity index (χ1) is 10.2. The molecular formula is C15H13FN4O. The number of carbonyl (C=O) groups excluding carboxylic acids is 1. The molecule has 0 unspecified atom stereocenters. The van der Waals surface area contributed by atoms with Crippen molar-refractivity contribution in [2.45, 2.75) is 6.54 Å². The number of carbonyl (C=O) groups is 1. The van der Waals surface area contributed by atoms with Crippen LogP contribution in [0.2, 0.25) is 0 Å². The number of aldehydes is 1. The van der Waals surface area contributed by atoms with Crippen LogP contribution in [0, 0.1) is 5.82 Å². The fourth-order valence-electron chi connectivity index (χ4n) is 2.15. The average molecular weight is 284 g/mol. The van der Waals surface area contributed by atoms with Gasteiger partial charge in [-0.1, -0.05) is 12.1 Å². The Morgan fingerprint density at radius 1 is 1.24 bits per heavy atom. The summed E-state index contributed by atoms with van der Waals surface area (Å²) in [6.45, 7) is 0.474. The van der Waals surface area contributed by atoms with Crippen molar-refractivity contribution in [2.75, 3.05) is 0 Å². The first kappa shape index (κ1) is 13.2. The van der Waals surface area contributed by atoms with Gasteiger partial charge in [0.1, 0.15) is 11.5 Å². The predicted octanol–water partition coefficient (Wildman–Crippen LogP) is 2.28.